The normalized spacial score (nSPS) is 10.8. The lowest BCUT2D eigenvalue weighted by Crippen LogP contribution is -2.21. The molecule has 0 radical (unpaired) electrons. The highest BCUT2D eigenvalue weighted by molar-refractivity contribution is 5.89. The highest BCUT2D eigenvalue weighted by Gasteiger charge is 2.10. The summed E-state index contributed by atoms with van der Waals surface area (Å²) in [6.45, 7) is 1.25. The highest BCUT2D eigenvalue weighted by Crippen LogP contribution is 2.11. The zero-order chi connectivity index (χ0) is 15.2. The monoisotopic (exact) mass is 288 g/mol. The smallest absolute Gasteiger partial charge is 0.335 e. The molecular formula is C16H17FN2O2. The molecule has 1 N–H and O–H groups in total. The fraction of sp³-hybridized carbons (Fsp3) is 0.250. The molecule has 0 amide bonds. The molecule has 21 heavy (non-hydrogen) atoms. The molecule has 5 heteroatoms. The van der Waals surface area contributed by atoms with Gasteiger partial charge in [-0.3, -0.25) is 4.98 Å². The van der Waals surface area contributed by atoms with Crippen molar-refractivity contribution in [3.05, 3.63) is 65.2 Å². The number of halogens is 1. The molecule has 0 fully saturated rings. The lowest BCUT2D eigenvalue weighted by molar-refractivity contribution is 0.0695. The van der Waals surface area contributed by atoms with Crippen LogP contribution in [0, 0.1) is 5.82 Å². The van der Waals surface area contributed by atoms with Crippen molar-refractivity contribution in [1.29, 1.82) is 0 Å². The summed E-state index contributed by atoms with van der Waals surface area (Å²) in [5.74, 6) is -1.26. The van der Waals surface area contributed by atoms with E-state index in [0.717, 1.165) is 11.1 Å². The van der Waals surface area contributed by atoms with Gasteiger partial charge in [0.2, 0.25) is 0 Å². The van der Waals surface area contributed by atoms with Crippen molar-refractivity contribution < 1.29 is 14.3 Å². The number of carboxylic acids is 1. The van der Waals surface area contributed by atoms with Gasteiger partial charge in [-0.25, -0.2) is 9.18 Å². The van der Waals surface area contributed by atoms with Crippen LogP contribution in [0.15, 0.2) is 42.7 Å². The molecule has 0 aliphatic carbocycles. The molecule has 0 bridgehead atoms. The summed E-state index contributed by atoms with van der Waals surface area (Å²) in [5.41, 5.74) is 1.93. The van der Waals surface area contributed by atoms with Crippen LogP contribution < -0.4 is 0 Å². The Kier molecular flexibility index (Phi) is 5.00. The van der Waals surface area contributed by atoms with E-state index in [1.807, 2.05) is 24.1 Å². The first kappa shape index (κ1) is 15.1. The summed E-state index contributed by atoms with van der Waals surface area (Å²) < 4.78 is 13.1. The maximum Gasteiger partial charge on any atom is 0.335 e. The minimum Gasteiger partial charge on any atom is -0.478 e. The van der Waals surface area contributed by atoms with Crippen LogP contribution in [0.1, 0.15) is 21.5 Å². The van der Waals surface area contributed by atoms with Crippen molar-refractivity contribution in [3.63, 3.8) is 0 Å². The van der Waals surface area contributed by atoms with Crippen molar-refractivity contribution in [1.82, 2.24) is 9.88 Å². The SMILES string of the molecule is CN(CCc1ccccc1C(=O)O)Cc1cncc(F)c1. The fourth-order valence-electron chi connectivity index (χ4n) is 2.19. The molecule has 0 saturated heterocycles. The third-order valence-corrected chi connectivity index (χ3v) is 3.22. The zero-order valence-corrected chi connectivity index (χ0v) is 11.8. The van der Waals surface area contributed by atoms with E-state index in [4.69, 9.17) is 5.11 Å². The Morgan fingerprint density at radius 1 is 1.33 bits per heavy atom. The Morgan fingerprint density at radius 3 is 2.81 bits per heavy atom. The van der Waals surface area contributed by atoms with Crippen LogP contribution in [0.3, 0.4) is 0 Å². The number of likely N-dealkylation sites (N-methyl/N-ethyl adjacent to an activating group) is 1. The fourth-order valence-corrected chi connectivity index (χ4v) is 2.19. The molecular weight excluding hydrogens is 271 g/mol. The predicted molar refractivity (Wildman–Crippen MR) is 77.6 cm³/mol. The van der Waals surface area contributed by atoms with Crippen molar-refractivity contribution in [3.8, 4) is 0 Å². The van der Waals surface area contributed by atoms with E-state index < -0.39 is 5.97 Å². The summed E-state index contributed by atoms with van der Waals surface area (Å²) in [5, 5.41) is 9.13. The number of pyridine rings is 1. The van der Waals surface area contributed by atoms with Crippen molar-refractivity contribution in [2.75, 3.05) is 13.6 Å². The summed E-state index contributed by atoms with van der Waals surface area (Å²) in [6, 6.07) is 8.43. The predicted octanol–water partition coefficient (Wildman–Crippen LogP) is 2.59. The van der Waals surface area contributed by atoms with Gasteiger partial charge in [-0.2, -0.15) is 0 Å². The quantitative estimate of drug-likeness (QED) is 0.887. The van der Waals surface area contributed by atoms with Gasteiger partial charge in [-0.1, -0.05) is 18.2 Å². The first-order valence-corrected chi connectivity index (χ1v) is 6.65. The lowest BCUT2D eigenvalue weighted by atomic mass is 10.0. The highest BCUT2D eigenvalue weighted by atomic mass is 19.1. The van der Waals surface area contributed by atoms with E-state index in [-0.39, 0.29) is 5.82 Å². The number of rotatable bonds is 6. The Balaban J connectivity index is 1.95. The Hall–Kier alpha value is -2.27. The molecule has 2 rings (SSSR count). The number of hydrogen-bond acceptors (Lipinski definition) is 3. The van der Waals surface area contributed by atoms with Crippen LogP contribution in [-0.4, -0.2) is 34.6 Å². The zero-order valence-electron chi connectivity index (χ0n) is 11.8. The van der Waals surface area contributed by atoms with Crippen LogP contribution in [0.4, 0.5) is 4.39 Å². The Labute approximate surface area is 122 Å². The second kappa shape index (κ2) is 6.95. The summed E-state index contributed by atoms with van der Waals surface area (Å²) in [7, 11) is 1.91. The van der Waals surface area contributed by atoms with Crippen molar-refractivity contribution in [2.24, 2.45) is 0 Å². The van der Waals surface area contributed by atoms with Crippen LogP contribution in [-0.2, 0) is 13.0 Å². The average Bonchev–Trinajstić information content (AvgIpc) is 2.45. The van der Waals surface area contributed by atoms with Gasteiger partial charge in [0.15, 0.2) is 0 Å². The van der Waals surface area contributed by atoms with Gasteiger partial charge < -0.3 is 10.0 Å². The van der Waals surface area contributed by atoms with Crippen LogP contribution >= 0.6 is 0 Å². The maximum atomic E-state index is 13.1. The van der Waals surface area contributed by atoms with E-state index in [1.165, 1.54) is 12.3 Å². The number of nitrogens with zero attached hydrogens (tertiary/aromatic N) is 2. The van der Waals surface area contributed by atoms with E-state index in [0.29, 0.717) is 25.1 Å². The van der Waals surface area contributed by atoms with E-state index in [1.54, 1.807) is 18.3 Å². The second-order valence-corrected chi connectivity index (χ2v) is 4.96. The Morgan fingerprint density at radius 2 is 2.10 bits per heavy atom. The topological polar surface area (TPSA) is 53.4 Å². The molecule has 1 heterocycles. The number of carboxylic acid groups (broad SMARTS) is 1. The number of aromatic nitrogens is 1. The van der Waals surface area contributed by atoms with Crippen LogP contribution in [0.5, 0.6) is 0 Å². The van der Waals surface area contributed by atoms with Gasteiger partial charge >= 0.3 is 5.97 Å². The average molecular weight is 288 g/mol. The maximum absolute atomic E-state index is 13.1. The third-order valence-electron chi connectivity index (χ3n) is 3.22. The van der Waals surface area contributed by atoms with Crippen molar-refractivity contribution >= 4 is 5.97 Å². The molecule has 0 aliphatic heterocycles. The standard InChI is InChI=1S/C16H17FN2O2/c1-19(11-12-8-14(17)10-18-9-12)7-6-13-4-2-3-5-15(13)16(20)21/h2-5,8-10H,6-7,11H2,1H3,(H,20,21). The Bertz CT molecular complexity index is 631. The number of aromatic carboxylic acids is 1. The first-order valence-electron chi connectivity index (χ1n) is 6.65. The molecule has 1 aromatic carbocycles. The molecule has 110 valence electrons. The molecule has 0 atom stereocenters. The van der Waals surface area contributed by atoms with Gasteiger partial charge in [0, 0.05) is 19.3 Å². The first-order chi connectivity index (χ1) is 10.1. The van der Waals surface area contributed by atoms with Gasteiger partial charge in [0.1, 0.15) is 5.82 Å². The minimum atomic E-state index is -0.914. The van der Waals surface area contributed by atoms with Crippen LogP contribution in [0.25, 0.3) is 0 Å². The van der Waals surface area contributed by atoms with Crippen molar-refractivity contribution in [2.45, 2.75) is 13.0 Å². The molecule has 0 saturated carbocycles. The van der Waals surface area contributed by atoms with Gasteiger partial charge in [-0.05, 0) is 36.7 Å². The lowest BCUT2D eigenvalue weighted by Gasteiger charge is -2.17. The molecule has 0 spiro atoms. The van der Waals surface area contributed by atoms with E-state index in [2.05, 4.69) is 4.98 Å². The largest absolute Gasteiger partial charge is 0.478 e. The van der Waals surface area contributed by atoms with E-state index >= 15 is 0 Å². The summed E-state index contributed by atoms with van der Waals surface area (Å²) in [6.07, 6.45) is 3.43. The molecule has 0 aliphatic rings. The van der Waals surface area contributed by atoms with Gasteiger partial charge in [0.25, 0.3) is 0 Å². The molecule has 0 unspecified atom stereocenters. The van der Waals surface area contributed by atoms with Gasteiger partial charge in [-0.15, -0.1) is 0 Å². The second-order valence-electron chi connectivity index (χ2n) is 4.96. The molecule has 4 nitrogen and oxygen atoms in total. The van der Waals surface area contributed by atoms with Crippen LogP contribution in [0.2, 0.25) is 0 Å². The molecule has 2 aromatic rings. The van der Waals surface area contributed by atoms with E-state index in [9.17, 15) is 9.18 Å². The number of hydrogen-bond donors (Lipinski definition) is 1. The summed E-state index contributed by atoms with van der Waals surface area (Å²) in [4.78, 5) is 17.0. The summed E-state index contributed by atoms with van der Waals surface area (Å²) >= 11 is 0. The van der Waals surface area contributed by atoms with Gasteiger partial charge in [0.05, 0.1) is 11.8 Å². The number of benzene rings is 1. The molecule has 1 aromatic heterocycles. The minimum absolute atomic E-state index is 0.332. The number of carbonyl (C=O) groups is 1. The third kappa shape index (κ3) is 4.36.